The number of hydrogen-bond donors (Lipinski definition) is 2. The maximum atomic E-state index is 13.0. The zero-order valence-electron chi connectivity index (χ0n) is 19.9. The molecule has 0 aromatic heterocycles. The van der Waals surface area contributed by atoms with Gasteiger partial charge in [0.05, 0.1) is 12.3 Å². The summed E-state index contributed by atoms with van der Waals surface area (Å²) in [6.45, 7) is 2.97. The van der Waals surface area contributed by atoms with E-state index in [-0.39, 0.29) is 18.5 Å². The van der Waals surface area contributed by atoms with Crippen LogP contribution in [-0.2, 0) is 19.1 Å². The first-order valence-corrected chi connectivity index (χ1v) is 11.7. The topological polar surface area (TPSA) is 102 Å². The van der Waals surface area contributed by atoms with E-state index in [0.717, 1.165) is 6.08 Å². The molecule has 1 amide bonds. The molecule has 0 radical (unpaired) electrons. The molecule has 0 heterocycles. The number of alkyl halides is 3. The average Bonchev–Trinajstić information content (AvgIpc) is 3.36. The van der Waals surface area contributed by atoms with Gasteiger partial charge in [-0.25, -0.2) is 0 Å². The third-order valence-corrected chi connectivity index (χ3v) is 6.35. The number of esters is 1. The smallest absolute Gasteiger partial charge is 0.426 e. The van der Waals surface area contributed by atoms with Gasteiger partial charge in [-0.1, -0.05) is 61.9 Å². The predicted octanol–water partition coefficient (Wildman–Crippen LogP) is 5.61. The van der Waals surface area contributed by atoms with Crippen molar-refractivity contribution < 1.29 is 42.1 Å². The molecule has 2 aromatic rings. The fourth-order valence-electron chi connectivity index (χ4n) is 3.90. The van der Waals surface area contributed by atoms with E-state index < -0.39 is 52.4 Å². The molecule has 1 saturated carbocycles. The molecule has 0 aliphatic heterocycles. The van der Waals surface area contributed by atoms with Gasteiger partial charge in [-0.3, -0.25) is 14.4 Å². The summed E-state index contributed by atoms with van der Waals surface area (Å²) in [7, 11) is 0. The molecule has 7 nitrogen and oxygen atoms in total. The molecule has 3 unspecified atom stereocenters. The minimum atomic E-state index is -4.75. The van der Waals surface area contributed by atoms with Gasteiger partial charge in [0.2, 0.25) is 6.10 Å². The number of rotatable bonds is 10. The van der Waals surface area contributed by atoms with Crippen LogP contribution < -0.4 is 10.1 Å². The highest BCUT2D eigenvalue weighted by Gasteiger charge is 2.62. The SMILES string of the molecule is CC1(C)C(/C=C(\Cl)C(F)(F)F)C1C(=O)OC(C(=O)NCCC(=O)O)c1cccc(Oc2ccccc2)c1. The highest BCUT2D eigenvalue weighted by molar-refractivity contribution is 6.30. The number of hydrogen-bond acceptors (Lipinski definition) is 5. The van der Waals surface area contributed by atoms with Crippen LogP contribution in [0, 0.1) is 17.3 Å². The summed E-state index contributed by atoms with van der Waals surface area (Å²) in [4.78, 5) is 36.8. The van der Waals surface area contributed by atoms with Crippen LogP contribution >= 0.6 is 11.6 Å². The lowest BCUT2D eigenvalue weighted by molar-refractivity contribution is -0.158. The summed E-state index contributed by atoms with van der Waals surface area (Å²) in [5.74, 6) is -3.76. The Morgan fingerprint density at radius 3 is 2.38 bits per heavy atom. The van der Waals surface area contributed by atoms with Gasteiger partial charge in [0.25, 0.3) is 5.91 Å². The minimum Gasteiger partial charge on any atom is -0.481 e. The molecule has 1 aliphatic carbocycles. The van der Waals surface area contributed by atoms with Crippen molar-refractivity contribution in [3.63, 3.8) is 0 Å². The summed E-state index contributed by atoms with van der Waals surface area (Å²) in [6, 6.07) is 15.0. The van der Waals surface area contributed by atoms with Crippen molar-refractivity contribution in [2.45, 2.75) is 32.5 Å². The lowest BCUT2D eigenvalue weighted by atomic mass is 10.1. The fraction of sp³-hybridized carbons (Fsp3) is 0.346. The Morgan fingerprint density at radius 1 is 1.11 bits per heavy atom. The van der Waals surface area contributed by atoms with E-state index in [0.29, 0.717) is 11.5 Å². The number of allylic oxidation sites excluding steroid dienone is 2. The molecular weight excluding hydrogens is 515 g/mol. The third kappa shape index (κ3) is 7.25. The Bertz CT molecular complexity index is 1180. The standard InChI is InChI=1S/C26H25ClF3NO6/c1-25(2)18(14-19(27)26(28,29)30)21(25)24(35)37-22(23(34)31-12-11-20(32)33)15-7-6-10-17(13-15)36-16-8-4-3-5-9-16/h3-10,13-14,18,21-22H,11-12H2,1-2H3,(H,31,34)(H,32,33)/b19-14-. The number of ether oxygens (including phenoxy) is 2. The number of carboxylic acid groups (broad SMARTS) is 1. The van der Waals surface area contributed by atoms with Crippen LogP contribution in [-0.4, -0.2) is 35.7 Å². The van der Waals surface area contributed by atoms with Gasteiger partial charge in [-0.15, -0.1) is 0 Å². The highest BCUT2D eigenvalue weighted by atomic mass is 35.5. The predicted molar refractivity (Wildman–Crippen MR) is 128 cm³/mol. The van der Waals surface area contributed by atoms with Crippen molar-refractivity contribution in [1.82, 2.24) is 5.32 Å². The second kappa shape index (κ2) is 11.2. The number of benzene rings is 2. The molecule has 3 atom stereocenters. The largest absolute Gasteiger partial charge is 0.481 e. The van der Waals surface area contributed by atoms with E-state index in [4.69, 9.17) is 26.2 Å². The van der Waals surface area contributed by atoms with Crippen molar-refractivity contribution in [2.24, 2.45) is 17.3 Å². The van der Waals surface area contributed by atoms with Crippen LogP contribution in [0.2, 0.25) is 0 Å². The van der Waals surface area contributed by atoms with Crippen molar-refractivity contribution in [1.29, 1.82) is 0 Å². The van der Waals surface area contributed by atoms with Crippen LogP contribution in [0.1, 0.15) is 31.9 Å². The van der Waals surface area contributed by atoms with Crippen molar-refractivity contribution >= 4 is 29.4 Å². The Labute approximate surface area is 216 Å². The van der Waals surface area contributed by atoms with Gasteiger partial charge in [0.1, 0.15) is 16.5 Å². The first-order chi connectivity index (χ1) is 17.3. The van der Waals surface area contributed by atoms with E-state index in [1.807, 2.05) is 6.07 Å². The maximum absolute atomic E-state index is 13.0. The molecule has 1 aliphatic rings. The zero-order chi connectivity index (χ0) is 27.4. The van der Waals surface area contributed by atoms with Crippen molar-refractivity contribution in [3.05, 3.63) is 71.3 Å². The zero-order valence-corrected chi connectivity index (χ0v) is 20.7. The highest BCUT2D eigenvalue weighted by Crippen LogP contribution is 2.60. The quantitative estimate of drug-likeness (QED) is 0.380. The lowest BCUT2D eigenvalue weighted by Gasteiger charge is -2.19. The normalized spacial score (nSPS) is 19.5. The number of halogens is 4. The van der Waals surface area contributed by atoms with Crippen molar-refractivity contribution in [3.8, 4) is 11.5 Å². The molecular formula is C26H25ClF3NO6. The molecule has 2 N–H and O–H groups in total. The number of carbonyl (C=O) groups is 3. The number of carbonyl (C=O) groups excluding carboxylic acids is 2. The van der Waals surface area contributed by atoms with Gasteiger partial charge < -0.3 is 19.9 Å². The molecule has 2 aromatic carbocycles. The lowest BCUT2D eigenvalue weighted by Crippen LogP contribution is -2.34. The molecule has 11 heteroatoms. The Kier molecular flexibility index (Phi) is 8.53. The second-order valence-electron chi connectivity index (χ2n) is 9.08. The number of aliphatic carboxylic acids is 1. The van der Waals surface area contributed by atoms with Gasteiger partial charge in [-0.05, 0) is 35.6 Å². The van der Waals surface area contributed by atoms with Gasteiger partial charge >= 0.3 is 18.1 Å². The molecule has 0 saturated heterocycles. The second-order valence-corrected chi connectivity index (χ2v) is 9.48. The summed E-state index contributed by atoms with van der Waals surface area (Å²) < 4.78 is 50.0. The number of amides is 1. The minimum absolute atomic E-state index is 0.218. The average molecular weight is 540 g/mol. The first-order valence-electron chi connectivity index (χ1n) is 11.3. The fourth-order valence-corrected chi connectivity index (χ4v) is 4.04. The molecule has 0 spiro atoms. The summed E-state index contributed by atoms with van der Waals surface area (Å²) in [5.41, 5.74) is -0.654. The summed E-state index contributed by atoms with van der Waals surface area (Å²) in [5, 5.41) is 9.92. The van der Waals surface area contributed by atoms with Gasteiger partial charge in [-0.2, -0.15) is 13.2 Å². The van der Waals surface area contributed by atoms with E-state index in [1.165, 1.54) is 12.1 Å². The van der Waals surface area contributed by atoms with E-state index in [9.17, 15) is 27.6 Å². The molecule has 1 fully saturated rings. The van der Waals surface area contributed by atoms with Crippen LogP contribution in [0.5, 0.6) is 11.5 Å². The van der Waals surface area contributed by atoms with Gasteiger partial charge in [0, 0.05) is 12.1 Å². The van der Waals surface area contributed by atoms with Crippen LogP contribution in [0.15, 0.2) is 65.7 Å². The molecule has 3 rings (SSSR count). The number of nitrogens with one attached hydrogen (secondary N) is 1. The summed E-state index contributed by atoms with van der Waals surface area (Å²) >= 11 is 5.37. The van der Waals surface area contributed by atoms with E-state index >= 15 is 0 Å². The Morgan fingerprint density at radius 2 is 1.76 bits per heavy atom. The summed E-state index contributed by atoms with van der Waals surface area (Å²) in [6.07, 6.45) is -5.83. The number of para-hydroxylation sites is 1. The van der Waals surface area contributed by atoms with Crippen LogP contribution in [0.25, 0.3) is 0 Å². The molecule has 37 heavy (non-hydrogen) atoms. The van der Waals surface area contributed by atoms with Gasteiger partial charge in [0.15, 0.2) is 0 Å². The molecule has 0 bridgehead atoms. The van der Waals surface area contributed by atoms with Crippen LogP contribution in [0.4, 0.5) is 13.2 Å². The maximum Gasteiger partial charge on any atom is 0.426 e. The van der Waals surface area contributed by atoms with E-state index in [1.54, 1.807) is 50.2 Å². The first kappa shape index (κ1) is 28.0. The van der Waals surface area contributed by atoms with Crippen LogP contribution in [0.3, 0.4) is 0 Å². The monoisotopic (exact) mass is 539 g/mol. The molecule has 198 valence electrons. The third-order valence-electron chi connectivity index (χ3n) is 6.01. The van der Waals surface area contributed by atoms with E-state index in [2.05, 4.69) is 5.32 Å². The Hall–Kier alpha value is -3.53. The number of carboxylic acids is 1. The Balaban J connectivity index is 1.83. The van der Waals surface area contributed by atoms with Crippen molar-refractivity contribution in [2.75, 3.05) is 6.54 Å².